The minimum Gasteiger partial charge on any atom is -0.338 e. The second-order valence-corrected chi connectivity index (χ2v) is 4.29. The van der Waals surface area contributed by atoms with Crippen LogP contribution in [0.4, 0.5) is 0 Å². The first kappa shape index (κ1) is 12.6. The zero-order chi connectivity index (χ0) is 13.0. The van der Waals surface area contributed by atoms with Crippen molar-refractivity contribution in [3.63, 3.8) is 0 Å². The number of hydrogen-bond acceptors (Lipinski definition) is 5. The van der Waals surface area contributed by atoms with E-state index in [0.717, 1.165) is 5.56 Å². The Balaban J connectivity index is 2.13. The lowest BCUT2D eigenvalue weighted by Crippen LogP contribution is -2.17. The molecule has 0 aliphatic carbocycles. The Hall–Kier alpha value is -1.90. The van der Waals surface area contributed by atoms with E-state index in [1.54, 1.807) is 17.0 Å². The van der Waals surface area contributed by atoms with Gasteiger partial charge in [0.05, 0.1) is 19.2 Å². The Bertz CT molecular complexity index is 575. The molecule has 0 bridgehead atoms. The molecule has 0 saturated carbocycles. The summed E-state index contributed by atoms with van der Waals surface area (Å²) in [5.41, 5.74) is 0.806. The number of rotatable bonds is 4. The molecular formula is C12H11ClN4O. The number of benzene rings is 1. The van der Waals surface area contributed by atoms with E-state index < -0.39 is 0 Å². The van der Waals surface area contributed by atoms with Crippen molar-refractivity contribution in [2.75, 3.05) is 13.6 Å². The first-order valence-corrected chi connectivity index (χ1v) is 5.71. The van der Waals surface area contributed by atoms with Gasteiger partial charge in [0, 0.05) is 10.6 Å². The van der Waals surface area contributed by atoms with Crippen LogP contribution < -0.4 is 0 Å². The van der Waals surface area contributed by atoms with Crippen molar-refractivity contribution < 1.29 is 4.52 Å². The number of halogens is 1. The van der Waals surface area contributed by atoms with Gasteiger partial charge >= 0.3 is 0 Å². The fourth-order valence-electron chi connectivity index (χ4n) is 1.47. The summed E-state index contributed by atoms with van der Waals surface area (Å²) in [5, 5.41) is 13.1. The van der Waals surface area contributed by atoms with Crippen molar-refractivity contribution in [3.8, 4) is 17.5 Å². The summed E-state index contributed by atoms with van der Waals surface area (Å²) in [6, 6.07) is 9.30. The van der Waals surface area contributed by atoms with Crippen LogP contribution in [0.25, 0.3) is 11.4 Å². The smallest absolute Gasteiger partial charge is 0.241 e. The summed E-state index contributed by atoms with van der Waals surface area (Å²) in [6.45, 7) is 0.760. The first-order chi connectivity index (χ1) is 8.69. The topological polar surface area (TPSA) is 66.0 Å². The van der Waals surface area contributed by atoms with Gasteiger partial charge in [0.25, 0.3) is 0 Å². The van der Waals surface area contributed by atoms with Gasteiger partial charge in [0.2, 0.25) is 11.7 Å². The van der Waals surface area contributed by atoms with E-state index in [2.05, 4.69) is 16.2 Å². The number of nitriles is 1. The Morgan fingerprint density at radius 2 is 2.33 bits per heavy atom. The maximum absolute atomic E-state index is 8.56. The van der Waals surface area contributed by atoms with E-state index in [-0.39, 0.29) is 0 Å². The largest absolute Gasteiger partial charge is 0.338 e. The van der Waals surface area contributed by atoms with Crippen molar-refractivity contribution in [2.24, 2.45) is 0 Å². The van der Waals surface area contributed by atoms with E-state index in [1.165, 1.54) is 0 Å². The zero-order valence-electron chi connectivity index (χ0n) is 9.80. The van der Waals surface area contributed by atoms with Crippen LogP contribution >= 0.6 is 11.6 Å². The van der Waals surface area contributed by atoms with Gasteiger partial charge in [0.1, 0.15) is 0 Å². The molecule has 0 amide bonds. The summed E-state index contributed by atoms with van der Waals surface area (Å²) < 4.78 is 5.12. The van der Waals surface area contributed by atoms with Gasteiger partial charge in [-0.15, -0.1) is 0 Å². The maximum Gasteiger partial charge on any atom is 0.241 e. The number of hydrogen-bond donors (Lipinski definition) is 0. The molecule has 0 radical (unpaired) electrons. The van der Waals surface area contributed by atoms with Crippen molar-refractivity contribution in [1.82, 2.24) is 15.0 Å². The van der Waals surface area contributed by atoms with E-state index in [4.69, 9.17) is 21.4 Å². The summed E-state index contributed by atoms with van der Waals surface area (Å²) in [6.07, 6.45) is 0. The van der Waals surface area contributed by atoms with E-state index >= 15 is 0 Å². The van der Waals surface area contributed by atoms with Gasteiger partial charge < -0.3 is 4.52 Å². The molecule has 0 saturated heterocycles. The van der Waals surface area contributed by atoms with Crippen LogP contribution in [0.3, 0.4) is 0 Å². The predicted octanol–water partition coefficient (Wildman–Crippen LogP) is 2.35. The highest BCUT2D eigenvalue weighted by Crippen LogP contribution is 2.20. The fourth-order valence-corrected chi connectivity index (χ4v) is 1.66. The molecule has 0 aliphatic rings. The zero-order valence-corrected chi connectivity index (χ0v) is 10.6. The lowest BCUT2D eigenvalue weighted by Gasteiger charge is -2.07. The summed E-state index contributed by atoms with van der Waals surface area (Å²) in [4.78, 5) is 6.04. The molecule has 0 spiro atoms. The molecule has 92 valence electrons. The van der Waals surface area contributed by atoms with Crippen LogP contribution in [0.5, 0.6) is 0 Å². The molecule has 1 aromatic heterocycles. The summed E-state index contributed by atoms with van der Waals surface area (Å²) in [5.74, 6) is 0.973. The molecule has 2 aromatic rings. The summed E-state index contributed by atoms with van der Waals surface area (Å²) >= 11 is 5.90. The molecule has 0 N–H and O–H groups in total. The molecule has 6 heteroatoms. The third-order valence-corrected chi connectivity index (χ3v) is 2.53. The lowest BCUT2D eigenvalue weighted by molar-refractivity contribution is 0.287. The highest BCUT2D eigenvalue weighted by atomic mass is 35.5. The molecule has 0 fully saturated rings. The molecule has 0 aliphatic heterocycles. The Labute approximate surface area is 110 Å². The average molecular weight is 263 g/mol. The minimum atomic E-state index is 0.314. The molecular weight excluding hydrogens is 252 g/mol. The van der Waals surface area contributed by atoms with Crippen LogP contribution in [0.1, 0.15) is 5.89 Å². The van der Waals surface area contributed by atoms with Gasteiger partial charge in [-0.25, -0.2) is 0 Å². The van der Waals surface area contributed by atoms with Crippen LogP contribution in [0, 0.1) is 11.3 Å². The predicted molar refractivity (Wildman–Crippen MR) is 66.7 cm³/mol. The van der Waals surface area contributed by atoms with Gasteiger partial charge in [-0.2, -0.15) is 10.2 Å². The highest BCUT2D eigenvalue weighted by molar-refractivity contribution is 6.30. The first-order valence-electron chi connectivity index (χ1n) is 5.33. The quantitative estimate of drug-likeness (QED) is 0.791. The normalized spacial score (nSPS) is 10.6. The third-order valence-electron chi connectivity index (χ3n) is 2.30. The van der Waals surface area contributed by atoms with Crippen molar-refractivity contribution in [2.45, 2.75) is 6.54 Å². The second-order valence-electron chi connectivity index (χ2n) is 3.85. The average Bonchev–Trinajstić information content (AvgIpc) is 2.78. The van der Waals surface area contributed by atoms with E-state index in [9.17, 15) is 0 Å². The Kier molecular flexibility index (Phi) is 3.92. The highest BCUT2D eigenvalue weighted by Gasteiger charge is 2.10. The number of nitrogens with zero attached hydrogens (tertiary/aromatic N) is 4. The molecule has 0 unspecified atom stereocenters. The molecule has 1 heterocycles. The number of aromatic nitrogens is 2. The summed E-state index contributed by atoms with van der Waals surface area (Å²) in [7, 11) is 1.81. The molecule has 5 nitrogen and oxygen atoms in total. The third kappa shape index (κ3) is 3.06. The standard InChI is InChI=1S/C12H11ClN4O/c1-17(6-5-14)8-11-15-12(16-18-11)9-3-2-4-10(13)7-9/h2-4,7H,6,8H2,1H3. The molecule has 0 atom stereocenters. The van der Waals surface area contributed by atoms with Gasteiger partial charge in [0.15, 0.2) is 0 Å². The van der Waals surface area contributed by atoms with Crippen LogP contribution in [0.15, 0.2) is 28.8 Å². The molecule has 18 heavy (non-hydrogen) atoms. The van der Waals surface area contributed by atoms with E-state index in [1.807, 2.05) is 19.2 Å². The van der Waals surface area contributed by atoms with Crippen molar-refractivity contribution in [3.05, 3.63) is 35.2 Å². The molecule has 2 rings (SSSR count). The van der Waals surface area contributed by atoms with Gasteiger partial charge in [-0.1, -0.05) is 28.9 Å². The van der Waals surface area contributed by atoms with Gasteiger partial charge in [-0.05, 0) is 19.2 Å². The molecule has 1 aromatic carbocycles. The second kappa shape index (κ2) is 5.63. The maximum atomic E-state index is 8.56. The van der Waals surface area contributed by atoms with Crippen molar-refractivity contribution >= 4 is 11.6 Å². The lowest BCUT2D eigenvalue weighted by atomic mass is 10.2. The monoisotopic (exact) mass is 262 g/mol. The Morgan fingerprint density at radius 1 is 1.50 bits per heavy atom. The minimum absolute atomic E-state index is 0.314. The fraction of sp³-hybridized carbons (Fsp3) is 0.250. The SMILES string of the molecule is CN(CC#N)Cc1nc(-c2cccc(Cl)c2)no1. The Morgan fingerprint density at radius 3 is 3.06 bits per heavy atom. The van der Waals surface area contributed by atoms with Crippen molar-refractivity contribution in [1.29, 1.82) is 5.26 Å². The van der Waals surface area contributed by atoms with Gasteiger partial charge in [-0.3, -0.25) is 4.90 Å². The van der Waals surface area contributed by atoms with Crippen LogP contribution in [0.2, 0.25) is 5.02 Å². The van der Waals surface area contributed by atoms with Crippen LogP contribution in [-0.4, -0.2) is 28.6 Å². The van der Waals surface area contributed by atoms with E-state index in [0.29, 0.717) is 29.8 Å². The van der Waals surface area contributed by atoms with Crippen LogP contribution in [-0.2, 0) is 6.54 Å².